The number of primary amides is 1. The Labute approximate surface area is 78.8 Å². The monoisotopic (exact) mass is 186 g/mol. The highest BCUT2D eigenvalue weighted by Gasteiger charge is 2.21. The molecule has 76 valence electrons. The van der Waals surface area contributed by atoms with Gasteiger partial charge in [0.25, 0.3) is 0 Å². The zero-order chi connectivity index (χ0) is 9.84. The van der Waals surface area contributed by atoms with E-state index in [1.165, 1.54) is 0 Å². The van der Waals surface area contributed by atoms with Crippen molar-refractivity contribution in [3.63, 3.8) is 0 Å². The molecule has 1 saturated heterocycles. The normalized spacial score (nSPS) is 31.2. The average molecular weight is 186 g/mol. The van der Waals surface area contributed by atoms with Crippen molar-refractivity contribution in [1.29, 1.82) is 0 Å². The third-order valence-corrected chi connectivity index (χ3v) is 2.41. The summed E-state index contributed by atoms with van der Waals surface area (Å²) in [7, 11) is 0. The minimum absolute atomic E-state index is 0.138. The second kappa shape index (κ2) is 4.58. The first-order valence-corrected chi connectivity index (χ1v) is 4.77. The number of carbonyl (C=O) groups excluding carboxylic acids is 1. The molecular weight excluding hydrogens is 168 g/mol. The van der Waals surface area contributed by atoms with Crippen molar-refractivity contribution in [2.75, 3.05) is 6.54 Å². The number of hydrogen-bond acceptors (Lipinski definition) is 3. The van der Waals surface area contributed by atoms with Crippen LogP contribution in [0.2, 0.25) is 0 Å². The lowest BCUT2D eigenvalue weighted by Gasteiger charge is -2.29. The fourth-order valence-electron chi connectivity index (χ4n) is 1.44. The SMILES string of the molecule is CC1CCC(OC(C)C(N)=O)CN1. The van der Waals surface area contributed by atoms with Crippen LogP contribution < -0.4 is 11.1 Å². The molecule has 1 aliphatic rings. The molecule has 0 aromatic rings. The average Bonchev–Trinajstić information content (AvgIpc) is 2.08. The molecule has 0 aromatic carbocycles. The Kier molecular flexibility index (Phi) is 3.69. The third kappa shape index (κ3) is 3.32. The van der Waals surface area contributed by atoms with Crippen molar-refractivity contribution >= 4 is 5.91 Å². The quantitative estimate of drug-likeness (QED) is 0.653. The van der Waals surface area contributed by atoms with E-state index < -0.39 is 12.0 Å². The Bertz CT molecular complexity index is 176. The Morgan fingerprint density at radius 1 is 1.62 bits per heavy atom. The maximum atomic E-state index is 10.7. The summed E-state index contributed by atoms with van der Waals surface area (Å²) in [6.45, 7) is 4.66. The van der Waals surface area contributed by atoms with Crippen molar-refractivity contribution in [3.8, 4) is 0 Å². The van der Waals surface area contributed by atoms with Gasteiger partial charge in [0.05, 0.1) is 6.10 Å². The van der Waals surface area contributed by atoms with E-state index in [-0.39, 0.29) is 6.10 Å². The molecule has 0 aromatic heterocycles. The van der Waals surface area contributed by atoms with E-state index in [2.05, 4.69) is 12.2 Å². The lowest BCUT2D eigenvalue weighted by Crippen LogP contribution is -2.44. The fraction of sp³-hybridized carbons (Fsp3) is 0.889. The standard InChI is InChI=1S/C9H18N2O2/c1-6-3-4-8(5-11-6)13-7(2)9(10)12/h6-8,11H,3-5H2,1-2H3,(H2,10,12). The van der Waals surface area contributed by atoms with Crippen LogP contribution in [0.1, 0.15) is 26.7 Å². The highest BCUT2D eigenvalue weighted by Crippen LogP contribution is 2.12. The second-order valence-electron chi connectivity index (χ2n) is 3.69. The summed E-state index contributed by atoms with van der Waals surface area (Å²) in [6, 6.07) is 0.559. The molecule has 1 aliphatic heterocycles. The van der Waals surface area contributed by atoms with E-state index in [1.54, 1.807) is 6.92 Å². The maximum Gasteiger partial charge on any atom is 0.246 e. The van der Waals surface area contributed by atoms with Crippen molar-refractivity contribution < 1.29 is 9.53 Å². The molecule has 0 radical (unpaired) electrons. The lowest BCUT2D eigenvalue weighted by atomic mass is 10.0. The van der Waals surface area contributed by atoms with Crippen LogP contribution in [0.3, 0.4) is 0 Å². The van der Waals surface area contributed by atoms with Gasteiger partial charge in [0, 0.05) is 12.6 Å². The minimum Gasteiger partial charge on any atom is -0.367 e. The molecule has 1 heterocycles. The molecule has 1 fully saturated rings. The van der Waals surface area contributed by atoms with Gasteiger partial charge in [0.1, 0.15) is 6.10 Å². The first-order valence-electron chi connectivity index (χ1n) is 4.77. The first kappa shape index (κ1) is 10.5. The van der Waals surface area contributed by atoms with Gasteiger partial charge in [0.2, 0.25) is 5.91 Å². The van der Waals surface area contributed by atoms with Crippen LogP contribution in [0.15, 0.2) is 0 Å². The number of nitrogens with one attached hydrogen (secondary N) is 1. The summed E-state index contributed by atoms with van der Waals surface area (Å²) in [4.78, 5) is 10.7. The number of amides is 1. The Balaban J connectivity index is 2.26. The molecule has 1 amide bonds. The summed E-state index contributed by atoms with van der Waals surface area (Å²) in [5.74, 6) is -0.390. The second-order valence-corrected chi connectivity index (χ2v) is 3.69. The maximum absolute atomic E-state index is 10.7. The van der Waals surface area contributed by atoms with Gasteiger partial charge in [-0.2, -0.15) is 0 Å². The molecule has 0 spiro atoms. The van der Waals surface area contributed by atoms with Crippen LogP contribution in [0.4, 0.5) is 0 Å². The Hall–Kier alpha value is -0.610. The zero-order valence-corrected chi connectivity index (χ0v) is 8.25. The molecular formula is C9H18N2O2. The summed E-state index contributed by atoms with van der Waals surface area (Å²) >= 11 is 0. The van der Waals surface area contributed by atoms with Crippen LogP contribution in [-0.4, -0.2) is 30.7 Å². The molecule has 3 N–H and O–H groups in total. The van der Waals surface area contributed by atoms with Gasteiger partial charge >= 0.3 is 0 Å². The molecule has 1 rings (SSSR count). The van der Waals surface area contributed by atoms with Crippen LogP contribution in [-0.2, 0) is 9.53 Å². The van der Waals surface area contributed by atoms with Crippen LogP contribution in [0.5, 0.6) is 0 Å². The van der Waals surface area contributed by atoms with Gasteiger partial charge in [-0.3, -0.25) is 4.79 Å². The molecule has 13 heavy (non-hydrogen) atoms. The summed E-state index contributed by atoms with van der Waals surface area (Å²) in [6.07, 6.45) is 1.76. The van der Waals surface area contributed by atoms with Crippen molar-refractivity contribution in [1.82, 2.24) is 5.32 Å². The Morgan fingerprint density at radius 2 is 2.31 bits per heavy atom. The van der Waals surface area contributed by atoms with Crippen molar-refractivity contribution in [3.05, 3.63) is 0 Å². The predicted molar refractivity (Wildman–Crippen MR) is 50.2 cm³/mol. The predicted octanol–water partition coefficient (Wildman–Crippen LogP) is 0.0173. The highest BCUT2D eigenvalue weighted by molar-refractivity contribution is 5.78. The smallest absolute Gasteiger partial charge is 0.246 e. The van der Waals surface area contributed by atoms with Crippen LogP contribution in [0, 0.1) is 0 Å². The van der Waals surface area contributed by atoms with Gasteiger partial charge in [-0.15, -0.1) is 0 Å². The van der Waals surface area contributed by atoms with Gasteiger partial charge in [-0.05, 0) is 26.7 Å². The third-order valence-electron chi connectivity index (χ3n) is 2.41. The van der Waals surface area contributed by atoms with Crippen LogP contribution >= 0.6 is 0 Å². The van der Waals surface area contributed by atoms with Crippen molar-refractivity contribution in [2.24, 2.45) is 5.73 Å². The van der Waals surface area contributed by atoms with E-state index >= 15 is 0 Å². The molecule has 0 aliphatic carbocycles. The summed E-state index contributed by atoms with van der Waals surface area (Å²) < 4.78 is 5.46. The number of rotatable bonds is 3. The number of nitrogens with two attached hydrogens (primary N) is 1. The van der Waals surface area contributed by atoms with Crippen LogP contribution in [0.25, 0.3) is 0 Å². The zero-order valence-electron chi connectivity index (χ0n) is 8.25. The van der Waals surface area contributed by atoms with Crippen molar-refractivity contribution in [2.45, 2.75) is 44.9 Å². The molecule has 4 nitrogen and oxygen atoms in total. The molecule has 0 saturated carbocycles. The van der Waals surface area contributed by atoms with Gasteiger partial charge in [-0.1, -0.05) is 0 Å². The molecule has 0 bridgehead atoms. The van der Waals surface area contributed by atoms with Gasteiger partial charge in [0.15, 0.2) is 0 Å². The molecule has 4 heteroatoms. The van der Waals surface area contributed by atoms with E-state index in [9.17, 15) is 4.79 Å². The summed E-state index contributed by atoms with van der Waals surface area (Å²) in [5, 5.41) is 3.30. The van der Waals surface area contributed by atoms with Gasteiger partial charge < -0.3 is 15.8 Å². The number of hydrogen-bond donors (Lipinski definition) is 2. The highest BCUT2D eigenvalue weighted by atomic mass is 16.5. The van der Waals surface area contributed by atoms with E-state index in [0.29, 0.717) is 6.04 Å². The van der Waals surface area contributed by atoms with Gasteiger partial charge in [-0.25, -0.2) is 0 Å². The van der Waals surface area contributed by atoms with E-state index in [4.69, 9.17) is 10.5 Å². The minimum atomic E-state index is -0.472. The lowest BCUT2D eigenvalue weighted by molar-refractivity contribution is -0.132. The number of piperidine rings is 1. The number of carbonyl (C=O) groups is 1. The summed E-state index contributed by atoms with van der Waals surface area (Å²) in [5.41, 5.74) is 5.10. The van der Waals surface area contributed by atoms with E-state index in [0.717, 1.165) is 19.4 Å². The number of ether oxygens (including phenoxy) is 1. The topological polar surface area (TPSA) is 64.3 Å². The van der Waals surface area contributed by atoms with E-state index in [1.807, 2.05) is 0 Å². The largest absolute Gasteiger partial charge is 0.367 e. The Morgan fingerprint density at radius 3 is 2.77 bits per heavy atom. The molecule has 3 atom stereocenters. The molecule has 3 unspecified atom stereocenters. The fourth-order valence-corrected chi connectivity index (χ4v) is 1.44. The first-order chi connectivity index (χ1) is 6.09.